The molecule has 4 aromatic rings. The van der Waals surface area contributed by atoms with Crippen molar-refractivity contribution >= 4 is 11.7 Å². The van der Waals surface area contributed by atoms with Gasteiger partial charge in [0.25, 0.3) is 0 Å². The Balaban J connectivity index is 1.63. The third-order valence-electron chi connectivity index (χ3n) is 6.56. The lowest BCUT2D eigenvalue weighted by atomic mass is 9.79. The third kappa shape index (κ3) is 2.67. The van der Waals surface area contributed by atoms with Crippen LogP contribution in [0.4, 0.5) is 5.69 Å². The van der Waals surface area contributed by atoms with Crippen molar-refractivity contribution in [1.29, 1.82) is 0 Å². The summed E-state index contributed by atoms with van der Waals surface area (Å²) in [5.74, 6) is 0.869. The van der Waals surface area contributed by atoms with Gasteiger partial charge in [0.05, 0.1) is 23.0 Å². The molecule has 1 aromatic heterocycles. The lowest BCUT2D eigenvalue weighted by Crippen LogP contribution is -2.33. The second kappa shape index (κ2) is 7.24. The van der Waals surface area contributed by atoms with Crippen LogP contribution in [-0.2, 0) is 10.3 Å². The Kier molecular flexibility index (Phi) is 4.30. The summed E-state index contributed by atoms with van der Waals surface area (Å²) in [6, 6.07) is 23.5. The van der Waals surface area contributed by atoms with Crippen LogP contribution in [0.15, 0.2) is 79.0 Å². The van der Waals surface area contributed by atoms with E-state index in [0.717, 1.165) is 35.6 Å². The SMILES string of the molecule is CCN(CC)c1ccc2c(c1)Oc1c(cnn1-c1ccccc1)C21OC(=O)c2ccccc21. The minimum atomic E-state index is -1.11. The molecule has 0 radical (unpaired) electrons. The van der Waals surface area contributed by atoms with Crippen molar-refractivity contribution in [2.45, 2.75) is 19.4 Å². The van der Waals surface area contributed by atoms with Gasteiger partial charge in [-0.05, 0) is 44.2 Å². The molecule has 6 nitrogen and oxygen atoms in total. The highest BCUT2D eigenvalue weighted by Crippen LogP contribution is 2.56. The summed E-state index contributed by atoms with van der Waals surface area (Å²) in [4.78, 5) is 15.3. The van der Waals surface area contributed by atoms with Gasteiger partial charge in [-0.1, -0.05) is 36.4 Å². The number of aromatic nitrogens is 2. The Labute approximate surface area is 192 Å². The fourth-order valence-corrected chi connectivity index (χ4v) is 4.97. The van der Waals surface area contributed by atoms with Crippen LogP contribution in [0, 0.1) is 0 Å². The molecule has 0 amide bonds. The van der Waals surface area contributed by atoms with Gasteiger partial charge < -0.3 is 14.4 Å². The van der Waals surface area contributed by atoms with E-state index in [1.807, 2.05) is 66.7 Å². The average Bonchev–Trinajstić information content (AvgIpc) is 3.41. The average molecular weight is 437 g/mol. The van der Waals surface area contributed by atoms with E-state index in [2.05, 4.69) is 29.9 Å². The summed E-state index contributed by atoms with van der Waals surface area (Å²) in [7, 11) is 0. The second-order valence-corrected chi connectivity index (χ2v) is 8.18. The van der Waals surface area contributed by atoms with E-state index in [-0.39, 0.29) is 5.97 Å². The third-order valence-corrected chi connectivity index (χ3v) is 6.56. The zero-order valence-electron chi connectivity index (χ0n) is 18.5. The Bertz CT molecular complexity index is 1370. The number of carbonyl (C=O) groups is 1. The van der Waals surface area contributed by atoms with E-state index in [9.17, 15) is 4.79 Å². The van der Waals surface area contributed by atoms with E-state index >= 15 is 0 Å². The van der Waals surface area contributed by atoms with E-state index in [4.69, 9.17) is 9.47 Å². The fourth-order valence-electron chi connectivity index (χ4n) is 4.97. The van der Waals surface area contributed by atoms with Gasteiger partial charge in [0.1, 0.15) is 5.75 Å². The highest BCUT2D eigenvalue weighted by molar-refractivity contribution is 5.97. The maximum absolute atomic E-state index is 13.0. The molecule has 6 rings (SSSR count). The predicted octanol–water partition coefficient (Wildman–Crippen LogP) is 5.29. The molecular weight excluding hydrogens is 414 g/mol. The summed E-state index contributed by atoms with van der Waals surface area (Å²) in [6.07, 6.45) is 1.75. The van der Waals surface area contributed by atoms with Crippen molar-refractivity contribution in [1.82, 2.24) is 9.78 Å². The lowest BCUT2D eigenvalue weighted by molar-refractivity contribution is 0.0223. The number of para-hydroxylation sites is 1. The van der Waals surface area contributed by atoms with Crippen molar-refractivity contribution in [2.75, 3.05) is 18.0 Å². The molecule has 3 aromatic carbocycles. The van der Waals surface area contributed by atoms with Gasteiger partial charge in [-0.25, -0.2) is 9.48 Å². The summed E-state index contributed by atoms with van der Waals surface area (Å²) in [6.45, 7) is 6.02. The van der Waals surface area contributed by atoms with Crippen molar-refractivity contribution in [3.63, 3.8) is 0 Å². The quantitative estimate of drug-likeness (QED) is 0.406. The molecule has 0 N–H and O–H groups in total. The summed E-state index contributed by atoms with van der Waals surface area (Å²) < 4.78 is 14.5. The molecule has 164 valence electrons. The maximum atomic E-state index is 13.0. The Morgan fingerprint density at radius 2 is 1.67 bits per heavy atom. The smallest absolute Gasteiger partial charge is 0.340 e. The second-order valence-electron chi connectivity index (χ2n) is 8.18. The van der Waals surface area contributed by atoms with Crippen LogP contribution >= 0.6 is 0 Å². The molecule has 1 unspecified atom stereocenters. The molecule has 0 fully saturated rings. The Morgan fingerprint density at radius 1 is 0.909 bits per heavy atom. The first-order valence-electron chi connectivity index (χ1n) is 11.2. The topological polar surface area (TPSA) is 56.6 Å². The first-order valence-corrected chi connectivity index (χ1v) is 11.2. The van der Waals surface area contributed by atoms with Crippen molar-refractivity contribution in [2.24, 2.45) is 0 Å². The predicted molar refractivity (Wildman–Crippen MR) is 125 cm³/mol. The number of ether oxygens (including phenoxy) is 2. The molecule has 3 heterocycles. The number of nitrogens with zero attached hydrogens (tertiary/aromatic N) is 3. The van der Waals surface area contributed by atoms with Crippen molar-refractivity contribution in [3.8, 4) is 17.3 Å². The molecular formula is C27H23N3O3. The number of anilines is 1. The molecule has 0 aliphatic carbocycles. The number of hydrogen-bond donors (Lipinski definition) is 0. The summed E-state index contributed by atoms with van der Waals surface area (Å²) in [5, 5.41) is 4.65. The molecule has 0 bridgehead atoms. The minimum Gasteiger partial charge on any atom is -0.440 e. The number of hydrogen-bond acceptors (Lipinski definition) is 5. The van der Waals surface area contributed by atoms with E-state index < -0.39 is 5.60 Å². The summed E-state index contributed by atoms with van der Waals surface area (Å²) >= 11 is 0. The molecule has 0 saturated heterocycles. The van der Waals surface area contributed by atoms with Crippen LogP contribution < -0.4 is 9.64 Å². The monoisotopic (exact) mass is 437 g/mol. The van der Waals surface area contributed by atoms with Crippen molar-refractivity contribution in [3.05, 3.63) is 101 Å². The molecule has 0 saturated carbocycles. The lowest BCUT2D eigenvalue weighted by Gasteiger charge is -2.35. The van der Waals surface area contributed by atoms with Crippen LogP contribution in [0.1, 0.15) is 40.9 Å². The number of carbonyl (C=O) groups excluding carboxylic acids is 1. The first-order chi connectivity index (χ1) is 16.2. The van der Waals surface area contributed by atoms with Gasteiger partial charge in [-0.2, -0.15) is 5.10 Å². The zero-order valence-corrected chi connectivity index (χ0v) is 18.5. The number of rotatable bonds is 4. The van der Waals surface area contributed by atoms with Gasteiger partial charge >= 0.3 is 5.97 Å². The summed E-state index contributed by atoms with van der Waals surface area (Å²) in [5.41, 5.74) is 3.71. The highest BCUT2D eigenvalue weighted by Gasteiger charge is 2.55. The maximum Gasteiger partial charge on any atom is 0.340 e. The van der Waals surface area contributed by atoms with Gasteiger partial charge in [0, 0.05) is 36.0 Å². The van der Waals surface area contributed by atoms with E-state index in [1.165, 1.54) is 0 Å². The van der Waals surface area contributed by atoms with E-state index in [0.29, 0.717) is 22.8 Å². The van der Waals surface area contributed by atoms with Gasteiger partial charge in [-0.3, -0.25) is 0 Å². The zero-order chi connectivity index (χ0) is 22.6. The number of esters is 1. The molecule has 1 spiro atoms. The first kappa shape index (κ1) is 19.6. The van der Waals surface area contributed by atoms with E-state index in [1.54, 1.807) is 10.9 Å². The van der Waals surface area contributed by atoms with Gasteiger partial charge in [0.2, 0.25) is 5.88 Å². The van der Waals surface area contributed by atoms with Gasteiger partial charge in [-0.15, -0.1) is 0 Å². The van der Waals surface area contributed by atoms with Crippen LogP contribution in [0.3, 0.4) is 0 Å². The van der Waals surface area contributed by atoms with Crippen LogP contribution in [-0.4, -0.2) is 28.8 Å². The fraction of sp³-hybridized carbons (Fsp3) is 0.185. The Morgan fingerprint density at radius 3 is 2.45 bits per heavy atom. The number of fused-ring (bicyclic) bond motifs is 6. The van der Waals surface area contributed by atoms with Crippen LogP contribution in [0.25, 0.3) is 5.69 Å². The molecule has 2 aliphatic heterocycles. The number of benzene rings is 3. The standard InChI is InChI=1S/C27H23N3O3/c1-3-29(4-2)19-14-15-22-24(16-19)32-25-23(17-28-30(25)18-10-6-5-7-11-18)27(22)21-13-9-8-12-20(21)26(31)33-27/h5-17H,3-4H2,1-2H3. The Hall–Kier alpha value is -4.06. The molecule has 33 heavy (non-hydrogen) atoms. The molecule has 2 aliphatic rings. The van der Waals surface area contributed by atoms with Gasteiger partial charge in [0.15, 0.2) is 5.60 Å². The normalized spacial score (nSPS) is 17.7. The molecule has 1 atom stereocenters. The highest BCUT2D eigenvalue weighted by atomic mass is 16.6. The largest absolute Gasteiger partial charge is 0.440 e. The van der Waals surface area contributed by atoms with Crippen LogP contribution in [0.5, 0.6) is 11.6 Å². The van der Waals surface area contributed by atoms with Crippen molar-refractivity contribution < 1.29 is 14.3 Å². The molecule has 6 heteroatoms. The minimum absolute atomic E-state index is 0.343. The van der Waals surface area contributed by atoms with Crippen LogP contribution in [0.2, 0.25) is 0 Å².